The topological polar surface area (TPSA) is 70.2 Å². The van der Waals surface area contributed by atoms with Crippen LogP contribution in [0.15, 0.2) is 61.2 Å². The molecule has 130 valence electrons. The van der Waals surface area contributed by atoms with Gasteiger partial charge in [-0.2, -0.15) is 0 Å². The maximum atomic E-state index is 12.0. The Morgan fingerprint density at radius 3 is 2.16 bits per heavy atom. The lowest BCUT2D eigenvalue weighted by atomic mass is 10.1. The van der Waals surface area contributed by atoms with Crippen LogP contribution in [-0.2, 0) is 11.2 Å². The molecule has 0 heterocycles. The Morgan fingerprint density at radius 1 is 0.960 bits per heavy atom. The van der Waals surface area contributed by atoms with Crippen molar-refractivity contribution in [3.63, 3.8) is 0 Å². The number of halogens is 1. The van der Waals surface area contributed by atoms with Crippen LogP contribution in [0.4, 0.5) is 16.2 Å². The molecule has 0 atom stereocenters. The largest absolute Gasteiger partial charge is 0.334 e. The predicted molar refractivity (Wildman–Crippen MR) is 102 cm³/mol. The molecule has 0 fully saturated rings. The smallest absolute Gasteiger partial charge is 0.319 e. The van der Waals surface area contributed by atoms with E-state index in [9.17, 15) is 9.59 Å². The zero-order valence-electron chi connectivity index (χ0n) is 13.7. The van der Waals surface area contributed by atoms with Gasteiger partial charge in [-0.1, -0.05) is 29.8 Å². The fraction of sp³-hybridized carbons (Fsp3) is 0.158. The number of rotatable bonds is 7. The van der Waals surface area contributed by atoms with Gasteiger partial charge in [0.25, 0.3) is 0 Å². The molecule has 0 aliphatic carbocycles. The quantitative estimate of drug-likeness (QED) is 0.649. The van der Waals surface area contributed by atoms with E-state index in [1.165, 1.54) is 0 Å². The van der Waals surface area contributed by atoms with Crippen LogP contribution in [0.2, 0.25) is 5.02 Å². The van der Waals surface area contributed by atoms with E-state index in [-0.39, 0.29) is 11.9 Å². The predicted octanol–water partition coefficient (Wildman–Crippen LogP) is 4.22. The third-order valence-electron chi connectivity index (χ3n) is 3.39. The number of urea groups is 1. The van der Waals surface area contributed by atoms with Gasteiger partial charge in [0.15, 0.2) is 0 Å². The molecule has 0 aliphatic rings. The van der Waals surface area contributed by atoms with Crippen molar-refractivity contribution in [2.24, 2.45) is 0 Å². The Kier molecular flexibility index (Phi) is 7.04. The van der Waals surface area contributed by atoms with E-state index in [1.54, 1.807) is 30.3 Å². The molecule has 0 saturated heterocycles. The second kappa shape index (κ2) is 9.49. The number of hydrogen-bond donors (Lipinski definition) is 3. The number of amides is 3. The van der Waals surface area contributed by atoms with Crippen LogP contribution in [0, 0.1) is 0 Å². The first-order valence-electron chi connectivity index (χ1n) is 7.87. The maximum Gasteiger partial charge on any atom is 0.319 e. The number of benzene rings is 2. The summed E-state index contributed by atoms with van der Waals surface area (Å²) in [6.07, 6.45) is 2.62. The van der Waals surface area contributed by atoms with E-state index in [4.69, 9.17) is 11.6 Å². The van der Waals surface area contributed by atoms with Gasteiger partial charge >= 0.3 is 6.03 Å². The van der Waals surface area contributed by atoms with Crippen molar-refractivity contribution >= 4 is 34.9 Å². The average Bonchev–Trinajstić information content (AvgIpc) is 2.61. The molecule has 0 aromatic heterocycles. The van der Waals surface area contributed by atoms with Gasteiger partial charge in [0, 0.05) is 29.4 Å². The number of nitrogens with one attached hydrogen (secondary N) is 3. The lowest BCUT2D eigenvalue weighted by molar-refractivity contribution is -0.116. The summed E-state index contributed by atoms with van der Waals surface area (Å²) < 4.78 is 0. The molecule has 0 unspecified atom stereocenters. The minimum Gasteiger partial charge on any atom is -0.334 e. The van der Waals surface area contributed by atoms with Gasteiger partial charge in [-0.05, 0) is 48.4 Å². The number of carbonyl (C=O) groups is 2. The van der Waals surface area contributed by atoms with Gasteiger partial charge in [0.1, 0.15) is 0 Å². The maximum absolute atomic E-state index is 12.0. The molecular weight excluding hydrogens is 338 g/mol. The van der Waals surface area contributed by atoms with Crippen LogP contribution in [0.5, 0.6) is 0 Å². The lowest BCUT2D eigenvalue weighted by Crippen LogP contribution is -2.28. The molecule has 6 heteroatoms. The van der Waals surface area contributed by atoms with Gasteiger partial charge in [-0.25, -0.2) is 4.79 Å². The Hall–Kier alpha value is -2.79. The summed E-state index contributed by atoms with van der Waals surface area (Å²) in [6, 6.07) is 14.1. The van der Waals surface area contributed by atoms with Crippen LogP contribution in [-0.4, -0.2) is 18.5 Å². The summed E-state index contributed by atoms with van der Waals surface area (Å²) in [5, 5.41) is 8.82. The summed E-state index contributed by atoms with van der Waals surface area (Å²) in [5.74, 6) is -0.0700. The molecule has 2 aromatic carbocycles. The summed E-state index contributed by atoms with van der Waals surface area (Å²) in [5.41, 5.74) is 2.38. The standard InChI is InChI=1S/C19H20ClN3O2/c1-2-13-21-19(25)23-17-10-8-16(9-11-17)22-18(24)12-5-14-3-6-15(20)7-4-14/h2-4,6-11H,1,5,12-13H2,(H,22,24)(H2,21,23,25). The normalized spacial score (nSPS) is 9.96. The van der Waals surface area contributed by atoms with Crippen LogP contribution in [0.3, 0.4) is 0 Å². The SMILES string of the molecule is C=CCNC(=O)Nc1ccc(NC(=O)CCc2ccc(Cl)cc2)cc1. The molecular formula is C19H20ClN3O2. The highest BCUT2D eigenvalue weighted by atomic mass is 35.5. The summed E-state index contributed by atoms with van der Waals surface area (Å²) >= 11 is 5.84. The summed E-state index contributed by atoms with van der Waals surface area (Å²) in [7, 11) is 0. The average molecular weight is 358 g/mol. The van der Waals surface area contributed by atoms with Gasteiger partial charge in [0.05, 0.1) is 0 Å². The van der Waals surface area contributed by atoms with Crippen LogP contribution < -0.4 is 16.0 Å². The van der Waals surface area contributed by atoms with E-state index >= 15 is 0 Å². The van der Waals surface area contributed by atoms with Crippen molar-refractivity contribution in [2.45, 2.75) is 12.8 Å². The van der Waals surface area contributed by atoms with Crippen molar-refractivity contribution in [3.05, 3.63) is 71.8 Å². The molecule has 0 spiro atoms. The third kappa shape index (κ3) is 6.69. The zero-order valence-corrected chi connectivity index (χ0v) is 14.5. The fourth-order valence-electron chi connectivity index (χ4n) is 2.11. The molecule has 0 radical (unpaired) electrons. The van der Waals surface area contributed by atoms with E-state index in [2.05, 4.69) is 22.5 Å². The first-order valence-corrected chi connectivity index (χ1v) is 8.25. The molecule has 0 aliphatic heterocycles. The van der Waals surface area contributed by atoms with Crippen LogP contribution in [0.1, 0.15) is 12.0 Å². The van der Waals surface area contributed by atoms with E-state index in [0.29, 0.717) is 35.8 Å². The highest BCUT2D eigenvalue weighted by molar-refractivity contribution is 6.30. The number of anilines is 2. The molecule has 0 bridgehead atoms. The van der Waals surface area contributed by atoms with Crippen molar-refractivity contribution < 1.29 is 9.59 Å². The van der Waals surface area contributed by atoms with Gasteiger partial charge in [-0.15, -0.1) is 6.58 Å². The van der Waals surface area contributed by atoms with Crippen LogP contribution in [0.25, 0.3) is 0 Å². The summed E-state index contributed by atoms with van der Waals surface area (Å²) in [6.45, 7) is 3.92. The first-order chi connectivity index (χ1) is 12.1. The Morgan fingerprint density at radius 2 is 1.56 bits per heavy atom. The highest BCUT2D eigenvalue weighted by Crippen LogP contribution is 2.15. The lowest BCUT2D eigenvalue weighted by Gasteiger charge is -2.08. The zero-order chi connectivity index (χ0) is 18.1. The van der Waals surface area contributed by atoms with Gasteiger partial charge in [-0.3, -0.25) is 4.79 Å². The number of aryl methyl sites for hydroxylation is 1. The highest BCUT2D eigenvalue weighted by Gasteiger charge is 2.05. The fourth-order valence-corrected chi connectivity index (χ4v) is 2.24. The van der Waals surface area contributed by atoms with Crippen molar-refractivity contribution in [1.82, 2.24) is 5.32 Å². The van der Waals surface area contributed by atoms with Crippen molar-refractivity contribution in [3.8, 4) is 0 Å². The molecule has 5 nitrogen and oxygen atoms in total. The second-order valence-electron chi connectivity index (χ2n) is 5.38. The molecule has 0 saturated carbocycles. The Labute approximate surface area is 152 Å². The van der Waals surface area contributed by atoms with Gasteiger partial charge in [0.2, 0.25) is 5.91 Å². The Balaban J connectivity index is 1.79. The molecule has 3 N–H and O–H groups in total. The van der Waals surface area contributed by atoms with E-state index < -0.39 is 0 Å². The van der Waals surface area contributed by atoms with Crippen molar-refractivity contribution in [2.75, 3.05) is 17.2 Å². The summed E-state index contributed by atoms with van der Waals surface area (Å²) in [4.78, 5) is 23.5. The number of hydrogen-bond acceptors (Lipinski definition) is 2. The number of carbonyl (C=O) groups excluding carboxylic acids is 2. The minimum absolute atomic E-state index is 0.0700. The van der Waals surface area contributed by atoms with Crippen LogP contribution >= 0.6 is 11.6 Å². The molecule has 25 heavy (non-hydrogen) atoms. The third-order valence-corrected chi connectivity index (χ3v) is 3.64. The Bertz CT molecular complexity index is 727. The first kappa shape index (κ1) is 18.5. The minimum atomic E-state index is -0.306. The molecule has 3 amide bonds. The van der Waals surface area contributed by atoms with Crippen molar-refractivity contribution in [1.29, 1.82) is 0 Å². The van der Waals surface area contributed by atoms with E-state index in [1.807, 2.05) is 24.3 Å². The van der Waals surface area contributed by atoms with E-state index in [0.717, 1.165) is 5.56 Å². The monoisotopic (exact) mass is 357 g/mol. The second-order valence-corrected chi connectivity index (χ2v) is 5.81. The van der Waals surface area contributed by atoms with Gasteiger partial charge < -0.3 is 16.0 Å². The molecule has 2 aromatic rings. The molecule has 2 rings (SSSR count).